The van der Waals surface area contributed by atoms with Gasteiger partial charge in [0.1, 0.15) is 5.75 Å². The number of ether oxygens (including phenoxy) is 3. The number of hydrogen-bond acceptors (Lipinski definition) is 4. The molecule has 1 aliphatic rings. The molecule has 1 aromatic carbocycles. The van der Waals surface area contributed by atoms with Crippen LogP contribution in [0, 0.1) is 0 Å². The van der Waals surface area contributed by atoms with Crippen molar-refractivity contribution in [1.29, 1.82) is 0 Å². The van der Waals surface area contributed by atoms with Crippen LogP contribution < -0.4 is 4.74 Å². The largest absolute Gasteiger partial charge is 0.497 e. The minimum atomic E-state index is -4.44. The van der Waals surface area contributed by atoms with Crippen LogP contribution in [-0.4, -0.2) is 25.8 Å². The monoisotopic (exact) mass is 346 g/mol. The Balaban J connectivity index is 2.03. The number of methoxy groups -OCH3 is 1. The van der Waals surface area contributed by atoms with Gasteiger partial charge in [0.25, 0.3) is 0 Å². The summed E-state index contributed by atoms with van der Waals surface area (Å²) >= 11 is 0. The lowest BCUT2D eigenvalue weighted by Crippen LogP contribution is -2.12. The lowest BCUT2D eigenvalue weighted by Gasteiger charge is -2.17. The minimum Gasteiger partial charge on any atom is -0.497 e. The molecule has 1 heterocycles. The summed E-state index contributed by atoms with van der Waals surface area (Å²) in [5.41, 5.74) is -0.310. The first kappa shape index (κ1) is 18.6. The van der Waals surface area contributed by atoms with Gasteiger partial charge in [0.05, 0.1) is 31.5 Å². The first-order valence-electron chi connectivity index (χ1n) is 7.90. The number of carbonyl (C=O) groups is 1. The van der Waals surface area contributed by atoms with E-state index < -0.39 is 17.8 Å². The van der Waals surface area contributed by atoms with Gasteiger partial charge in [-0.05, 0) is 49.9 Å². The SMILES string of the molecule is CCOC(=O)CCC1CCC(c2cc(OC)cc(C(F)(F)F)c2)O1. The maximum atomic E-state index is 13.0. The number of alkyl halides is 3. The Hall–Kier alpha value is -1.76. The van der Waals surface area contributed by atoms with Crippen molar-refractivity contribution in [2.75, 3.05) is 13.7 Å². The van der Waals surface area contributed by atoms with E-state index in [1.807, 2.05) is 0 Å². The third-order valence-electron chi connectivity index (χ3n) is 3.95. The maximum Gasteiger partial charge on any atom is 0.416 e. The quantitative estimate of drug-likeness (QED) is 0.721. The summed E-state index contributed by atoms with van der Waals surface area (Å²) in [4.78, 5) is 11.4. The van der Waals surface area contributed by atoms with Crippen molar-refractivity contribution in [1.82, 2.24) is 0 Å². The van der Waals surface area contributed by atoms with Crippen molar-refractivity contribution in [2.45, 2.75) is 51.0 Å². The van der Waals surface area contributed by atoms with Crippen molar-refractivity contribution in [3.63, 3.8) is 0 Å². The molecule has 2 unspecified atom stereocenters. The van der Waals surface area contributed by atoms with E-state index in [1.165, 1.54) is 7.11 Å². The van der Waals surface area contributed by atoms with Crippen LogP contribution in [0.3, 0.4) is 0 Å². The summed E-state index contributed by atoms with van der Waals surface area (Å²) in [5.74, 6) is -0.135. The van der Waals surface area contributed by atoms with Crippen molar-refractivity contribution in [3.8, 4) is 5.75 Å². The Labute approximate surface area is 138 Å². The Morgan fingerprint density at radius 1 is 1.29 bits per heavy atom. The first-order valence-corrected chi connectivity index (χ1v) is 7.90. The molecular formula is C17H21F3O4. The van der Waals surface area contributed by atoms with Crippen LogP contribution in [0.25, 0.3) is 0 Å². The van der Waals surface area contributed by atoms with Gasteiger partial charge in [-0.2, -0.15) is 13.2 Å². The number of hydrogen-bond donors (Lipinski definition) is 0. The zero-order valence-electron chi connectivity index (χ0n) is 13.7. The van der Waals surface area contributed by atoms with Gasteiger partial charge >= 0.3 is 12.1 Å². The minimum absolute atomic E-state index is 0.151. The van der Waals surface area contributed by atoms with Gasteiger partial charge < -0.3 is 14.2 Å². The predicted octanol–water partition coefficient (Wildman–Crippen LogP) is 4.28. The molecule has 2 atom stereocenters. The summed E-state index contributed by atoms with van der Waals surface area (Å²) in [5, 5.41) is 0. The standard InChI is InChI=1S/C17H21F3O4/c1-3-23-16(21)7-5-13-4-6-15(24-13)11-8-12(17(18,19)20)10-14(9-11)22-2/h8-10,13,15H,3-7H2,1-2H3. The third-order valence-corrected chi connectivity index (χ3v) is 3.95. The summed E-state index contributed by atoms with van der Waals surface area (Å²) in [7, 11) is 1.33. The second-order valence-electron chi connectivity index (χ2n) is 5.66. The average Bonchev–Trinajstić information content (AvgIpc) is 3.01. The fourth-order valence-electron chi connectivity index (χ4n) is 2.76. The van der Waals surface area contributed by atoms with E-state index in [0.717, 1.165) is 12.1 Å². The molecule has 1 fully saturated rings. The van der Waals surface area contributed by atoms with E-state index in [4.69, 9.17) is 14.2 Å². The average molecular weight is 346 g/mol. The van der Waals surface area contributed by atoms with Crippen molar-refractivity contribution < 1.29 is 32.2 Å². The van der Waals surface area contributed by atoms with Crippen molar-refractivity contribution in [3.05, 3.63) is 29.3 Å². The van der Waals surface area contributed by atoms with Crippen LogP contribution in [-0.2, 0) is 20.4 Å². The second-order valence-corrected chi connectivity index (χ2v) is 5.66. The van der Waals surface area contributed by atoms with Crippen LogP contribution in [0.2, 0.25) is 0 Å². The summed E-state index contributed by atoms with van der Waals surface area (Å²) in [6.07, 6.45) is -2.96. The molecular weight excluding hydrogens is 325 g/mol. The van der Waals surface area contributed by atoms with E-state index in [0.29, 0.717) is 31.4 Å². The van der Waals surface area contributed by atoms with Gasteiger partial charge in [0.15, 0.2) is 0 Å². The van der Waals surface area contributed by atoms with Crippen molar-refractivity contribution in [2.24, 2.45) is 0 Å². The number of carbonyl (C=O) groups excluding carboxylic acids is 1. The Morgan fingerprint density at radius 2 is 2.04 bits per heavy atom. The molecule has 7 heteroatoms. The van der Waals surface area contributed by atoms with Gasteiger partial charge in [0.2, 0.25) is 0 Å². The van der Waals surface area contributed by atoms with E-state index in [2.05, 4.69) is 0 Å². The molecule has 0 saturated carbocycles. The van der Waals surface area contributed by atoms with Gasteiger partial charge in [-0.1, -0.05) is 0 Å². The maximum absolute atomic E-state index is 13.0. The van der Waals surface area contributed by atoms with Gasteiger partial charge in [0, 0.05) is 6.42 Å². The number of halogens is 3. The molecule has 0 bridgehead atoms. The van der Waals surface area contributed by atoms with Gasteiger partial charge in [-0.15, -0.1) is 0 Å². The Bertz CT molecular complexity index is 571. The lowest BCUT2D eigenvalue weighted by molar-refractivity contribution is -0.144. The molecule has 24 heavy (non-hydrogen) atoms. The number of esters is 1. The molecule has 0 radical (unpaired) electrons. The number of benzene rings is 1. The zero-order chi connectivity index (χ0) is 17.7. The predicted molar refractivity (Wildman–Crippen MR) is 80.7 cm³/mol. The van der Waals surface area contributed by atoms with E-state index in [9.17, 15) is 18.0 Å². The highest BCUT2D eigenvalue weighted by Crippen LogP contribution is 2.39. The van der Waals surface area contributed by atoms with E-state index in [-0.39, 0.29) is 24.2 Å². The molecule has 1 aliphatic heterocycles. The highest BCUT2D eigenvalue weighted by atomic mass is 19.4. The van der Waals surface area contributed by atoms with E-state index in [1.54, 1.807) is 13.0 Å². The van der Waals surface area contributed by atoms with Gasteiger partial charge in [-0.25, -0.2) is 0 Å². The topological polar surface area (TPSA) is 44.8 Å². The molecule has 1 saturated heterocycles. The Morgan fingerprint density at radius 3 is 2.67 bits per heavy atom. The smallest absolute Gasteiger partial charge is 0.416 e. The highest BCUT2D eigenvalue weighted by molar-refractivity contribution is 5.69. The molecule has 0 aliphatic carbocycles. The molecule has 1 aromatic rings. The zero-order valence-corrected chi connectivity index (χ0v) is 13.7. The normalized spacial score (nSPS) is 20.9. The first-order chi connectivity index (χ1) is 11.3. The molecule has 2 rings (SSSR count). The molecule has 0 aromatic heterocycles. The molecule has 4 nitrogen and oxygen atoms in total. The molecule has 0 amide bonds. The van der Waals surface area contributed by atoms with Crippen LogP contribution in [0.15, 0.2) is 18.2 Å². The number of rotatable bonds is 6. The fourth-order valence-corrected chi connectivity index (χ4v) is 2.76. The molecule has 0 spiro atoms. The van der Waals surface area contributed by atoms with Crippen molar-refractivity contribution >= 4 is 5.97 Å². The molecule has 0 N–H and O–H groups in total. The van der Waals surface area contributed by atoms with Crippen LogP contribution >= 0.6 is 0 Å². The van der Waals surface area contributed by atoms with Crippen LogP contribution in [0.4, 0.5) is 13.2 Å². The summed E-state index contributed by atoms with van der Waals surface area (Å²) < 4.78 is 54.6. The summed E-state index contributed by atoms with van der Waals surface area (Å²) in [6.45, 7) is 2.07. The van der Waals surface area contributed by atoms with E-state index >= 15 is 0 Å². The lowest BCUT2D eigenvalue weighted by atomic mass is 10.0. The fraction of sp³-hybridized carbons (Fsp3) is 0.588. The van der Waals surface area contributed by atoms with Gasteiger partial charge in [-0.3, -0.25) is 4.79 Å². The second kappa shape index (κ2) is 7.88. The van der Waals surface area contributed by atoms with Crippen LogP contribution in [0.5, 0.6) is 5.75 Å². The summed E-state index contributed by atoms with van der Waals surface area (Å²) in [6, 6.07) is 3.63. The van der Waals surface area contributed by atoms with Crippen LogP contribution in [0.1, 0.15) is 49.8 Å². The third kappa shape index (κ3) is 4.87. The Kier molecular flexibility index (Phi) is 6.10. The highest BCUT2D eigenvalue weighted by Gasteiger charge is 2.34. The molecule has 134 valence electrons.